The van der Waals surface area contributed by atoms with Crippen molar-refractivity contribution in [2.45, 2.75) is 11.3 Å². The van der Waals surface area contributed by atoms with Gasteiger partial charge in [0.05, 0.1) is 0 Å². The van der Waals surface area contributed by atoms with Crippen molar-refractivity contribution in [1.29, 1.82) is 0 Å². The molecule has 16 heavy (non-hydrogen) atoms. The highest BCUT2D eigenvalue weighted by Gasteiger charge is 1.95. The van der Waals surface area contributed by atoms with E-state index in [1.807, 2.05) is 36.2 Å². The molecule has 0 fully saturated rings. The normalized spacial score (nSPS) is 9.50. The van der Waals surface area contributed by atoms with Crippen LogP contribution in [0.5, 0.6) is 0 Å². The summed E-state index contributed by atoms with van der Waals surface area (Å²) >= 11 is 1.88. The SMILES string of the molecule is Cl.c1ccc(SCCc2ccccn2)cc1. The minimum atomic E-state index is 0. The lowest BCUT2D eigenvalue weighted by molar-refractivity contribution is 1.05. The Kier molecular flexibility index (Phi) is 5.98. The van der Waals surface area contributed by atoms with Gasteiger partial charge in [0.2, 0.25) is 0 Å². The fraction of sp³-hybridized carbons (Fsp3) is 0.154. The van der Waals surface area contributed by atoms with E-state index in [4.69, 9.17) is 0 Å². The fourth-order valence-corrected chi connectivity index (χ4v) is 2.23. The standard InChI is InChI=1S/C13H13NS.ClH/c1-2-7-13(8-3-1)15-11-9-12-6-4-5-10-14-12;/h1-8,10H,9,11H2;1H. The van der Waals surface area contributed by atoms with Crippen LogP contribution in [0.15, 0.2) is 59.6 Å². The van der Waals surface area contributed by atoms with Crippen molar-refractivity contribution >= 4 is 24.2 Å². The van der Waals surface area contributed by atoms with Gasteiger partial charge in [-0.1, -0.05) is 24.3 Å². The van der Waals surface area contributed by atoms with Gasteiger partial charge in [0.25, 0.3) is 0 Å². The van der Waals surface area contributed by atoms with Crippen LogP contribution in [-0.4, -0.2) is 10.7 Å². The molecule has 1 heterocycles. The molecule has 0 N–H and O–H groups in total. The van der Waals surface area contributed by atoms with Crippen molar-refractivity contribution in [2.75, 3.05) is 5.75 Å². The molecule has 3 heteroatoms. The van der Waals surface area contributed by atoms with Crippen LogP contribution in [0, 0.1) is 0 Å². The summed E-state index contributed by atoms with van der Waals surface area (Å²) in [5.41, 5.74) is 1.17. The Labute approximate surface area is 107 Å². The van der Waals surface area contributed by atoms with Crippen LogP contribution in [-0.2, 0) is 6.42 Å². The van der Waals surface area contributed by atoms with Crippen LogP contribution in [0.4, 0.5) is 0 Å². The van der Waals surface area contributed by atoms with E-state index in [0.717, 1.165) is 12.2 Å². The number of rotatable bonds is 4. The van der Waals surface area contributed by atoms with Gasteiger partial charge in [0.1, 0.15) is 0 Å². The number of aryl methyl sites for hydroxylation is 1. The summed E-state index contributed by atoms with van der Waals surface area (Å²) in [6.07, 6.45) is 2.88. The first kappa shape index (κ1) is 13.1. The first-order chi connectivity index (χ1) is 7.45. The van der Waals surface area contributed by atoms with Crippen LogP contribution >= 0.6 is 24.2 Å². The van der Waals surface area contributed by atoms with Gasteiger partial charge in [-0.05, 0) is 30.7 Å². The molecule has 1 aromatic carbocycles. The summed E-state index contributed by atoms with van der Waals surface area (Å²) in [4.78, 5) is 5.62. The van der Waals surface area contributed by atoms with E-state index in [9.17, 15) is 0 Å². The molecule has 0 aliphatic heterocycles. The molecule has 0 radical (unpaired) electrons. The van der Waals surface area contributed by atoms with Crippen LogP contribution < -0.4 is 0 Å². The summed E-state index contributed by atoms with van der Waals surface area (Å²) in [6.45, 7) is 0. The van der Waals surface area contributed by atoms with Crippen molar-refractivity contribution < 1.29 is 0 Å². The third-order valence-corrected chi connectivity index (χ3v) is 3.11. The molecule has 1 aromatic heterocycles. The molecule has 0 aliphatic carbocycles. The maximum absolute atomic E-state index is 4.30. The van der Waals surface area contributed by atoms with E-state index in [1.165, 1.54) is 10.6 Å². The quantitative estimate of drug-likeness (QED) is 0.766. The second kappa shape index (κ2) is 7.31. The lowest BCUT2D eigenvalue weighted by Gasteiger charge is -2.00. The van der Waals surface area contributed by atoms with Gasteiger partial charge in [-0.2, -0.15) is 0 Å². The van der Waals surface area contributed by atoms with Crippen LogP contribution in [0.2, 0.25) is 0 Å². The molecule has 2 aromatic rings. The molecular weight excluding hydrogens is 238 g/mol. The average molecular weight is 252 g/mol. The van der Waals surface area contributed by atoms with Crippen molar-refractivity contribution in [2.24, 2.45) is 0 Å². The number of aromatic nitrogens is 1. The fourth-order valence-electron chi connectivity index (χ4n) is 1.34. The van der Waals surface area contributed by atoms with Crippen molar-refractivity contribution in [3.63, 3.8) is 0 Å². The molecule has 0 saturated heterocycles. The summed E-state index contributed by atoms with van der Waals surface area (Å²) in [5, 5.41) is 0. The maximum Gasteiger partial charge on any atom is 0.0411 e. The Morgan fingerprint density at radius 1 is 0.938 bits per heavy atom. The first-order valence-corrected chi connectivity index (χ1v) is 6.01. The second-order valence-electron chi connectivity index (χ2n) is 3.23. The lowest BCUT2D eigenvalue weighted by Crippen LogP contribution is -1.90. The Morgan fingerprint density at radius 3 is 2.38 bits per heavy atom. The summed E-state index contributed by atoms with van der Waals surface area (Å²) in [7, 11) is 0. The Balaban J connectivity index is 0.00000128. The van der Waals surface area contributed by atoms with Crippen LogP contribution in [0.1, 0.15) is 5.69 Å². The molecule has 2 rings (SSSR count). The van der Waals surface area contributed by atoms with E-state index in [-0.39, 0.29) is 12.4 Å². The van der Waals surface area contributed by atoms with E-state index in [0.29, 0.717) is 0 Å². The number of hydrogen-bond donors (Lipinski definition) is 0. The zero-order valence-electron chi connectivity index (χ0n) is 8.87. The van der Waals surface area contributed by atoms with Gasteiger partial charge >= 0.3 is 0 Å². The molecule has 0 bridgehead atoms. The summed E-state index contributed by atoms with van der Waals surface area (Å²) in [6, 6.07) is 16.5. The van der Waals surface area contributed by atoms with Crippen molar-refractivity contribution in [3.8, 4) is 0 Å². The predicted octanol–water partition coefficient (Wildman–Crippen LogP) is 3.84. The molecule has 0 amide bonds. The zero-order valence-corrected chi connectivity index (χ0v) is 10.5. The topological polar surface area (TPSA) is 12.9 Å². The zero-order chi connectivity index (χ0) is 10.3. The number of halogens is 1. The third-order valence-electron chi connectivity index (χ3n) is 2.10. The smallest absolute Gasteiger partial charge is 0.0411 e. The van der Waals surface area contributed by atoms with Crippen molar-refractivity contribution in [3.05, 3.63) is 60.4 Å². The molecule has 0 atom stereocenters. The van der Waals surface area contributed by atoms with Crippen molar-refractivity contribution in [1.82, 2.24) is 4.98 Å². The lowest BCUT2D eigenvalue weighted by atomic mass is 10.3. The maximum atomic E-state index is 4.30. The Bertz CT molecular complexity index is 352. The van der Waals surface area contributed by atoms with Gasteiger partial charge in [-0.15, -0.1) is 24.2 Å². The van der Waals surface area contributed by atoms with Gasteiger partial charge in [0, 0.05) is 22.5 Å². The molecule has 0 aliphatic rings. The molecule has 0 spiro atoms. The number of pyridine rings is 1. The highest BCUT2D eigenvalue weighted by molar-refractivity contribution is 7.99. The van der Waals surface area contributed by atoms with Crippen LogP contribution in [0.25, 0.3) is 0 Å². The minimum absolute atomic E-state index is 0. The van der Waals surface area contributed by atoms with Gasteiger partial charge < -0.3 is 0 Å². The Hall–Kier alpha value is -0.990. The highest BCUT2D eigenvalue weighted by Crippen LogP contribution is 2.17. The number of benzene rings is 1. The molecule has 0 unspecified atom stereocenters. The Morgan fingerprint density at radius 2 is 1.69 bits per heavy atom. The summed E-state index contributed by atoms with van der Waals surface area (Å²) < 4.78 is 0. The number of nitrogens with zero attached hydrogens (tertiary/aromatic N) is 1. The second-order valence-corrected chi connectivity index (χ2v) is 4.40. The molecular formula is C13H14ClNS. The minimum Gasteiger partial charge on any atom is -0.261 e. The highest BCUT2D eigenvalue weighted by atomic mass is 35.5. The number of thioether (sulfide) groups is 1. The van der Waals surface area contributed by atoms with E-state index in [1.54, 1.807) is 0 Å². The average Bonchev–Trinajstić information content (AvgIpc) is 2.32. The first-order valence-electron chi connectivity index (χ1n) is 5.03. The van der Waals surface area contributed by atoms with E-state index in [2.05, 4.69) is 35.3 Å². The molecule has 0 saturated carbocycles. The van der Waals surface area contributed by atoms with Gasteiger partial charge in [-0.25, -0.2) is 0 Å². The predicted molar refractivity (Wildman–Crippen MR) is 72.4 cm³/mol. The third kappa shape index (κ3) is 4.25. The van der Waals surface area contributed by atoms with E-state index >= 15 is 0 Å². The number of hydrogen-bond acceptors (Lipinski definition) is 2. The molecule has 1 nitrogen and oxygen atoms in total. The largest absolute Gasteiger partial charge is 0.261 e. The van der Waals surface area contributed by atoms with E-state index < -0.39 is 0 Å². The van der Waals surface area contributed by atoms with Gasteiger partial charge in [-0.3, -0.25) is 4.98 Å². The molecule has 84 valence electrons. The summed E-state index contributed by atoms with van der Waals surface area (Å²) in [5.74, 6) is 1.08. The monoisotopic (exact) mass is 251 g/mol. The van der Waals surface area contributed by atoms with Crippen LogP contribution in [0.3, 0.4) is 0 Å². The van der Waals surface area contributed by atoms with Gasteiger partial charge in [0.15, 0.2) is 0 Å².